The minimum atomic E-state index is -0.452. The van der Waals surface area contributed by atoms with Crippen molar-refractivity contribution in [3.05, 3.63) is 0 Å². The molecule has 5 nitrogen and oxygen atoms in total. The molecular weight excluding hydrogens is 314 g/mol. The van der Waals surface area contributed by atoms with E-state index in [1.807, 2.05) is 20.8 Å². The topological polar surface area (TPSA) is 53.6 Å². The molecule has 1 fully saturated rings. The standard InChI is InChI=1S/C20H41N3O2/c1-15(2)13-18(14-21-19(24)25-20(5,6)7)22-17-9-8-11-23(12-10-17)16(3)4/h15-18,22H,8-14H2,1-7H3,(H,21,24). The summed E-state index contributed by atoms with van der Waals surface area (Å²) in [6, 6.07) is 1.45. The van der Waals surface area contributed by atoms with Gasteiger partial charge in [-0.15, -0.1) is 0 Å². The van der Waals surface area contributed by atoms with Crippen LogP contribution in [-0.2, 0) is 4.74 Å². The molecule has 0 bridgehead atoms. The van der Waals surface area contributed by atoms with E-state index in [2.05, 4.69) is 43.2 Å². The highest BCUT2D eigenvalue weighted by molar-refractivity contribution is 5.67. The molecule has 0 saturated carbocycles. The molecule has 0 aliphatic carbocycles. The Morgan fingerprint density at radius 2 is 1.84 bits per heavy atom. The second-order valence-corrected chi connectivity index (χ2v) is 9.13. The quantitative estimate of drug-likeness (QED) is 0.730. The van der Waals surface area contributed by atoms with Gasteiger partial charge in [-0.1, -0.05) is 13.8 Å². The molecule has 1 rings (SSSR count). The molecular formula is C20H41N3O2. The predicted molar refractivity (Wildman–Crippen MR) is 105 cm³/mol. The van der Waals surface area contributed by atoms with Gasteiger partial charge in [0.2, 0.25) is 0 Å². The van der Waals surface area contributed by atoms with Crippen molar-refractivity contribution in [1.82, 2.24) is 15.5 Å². The molecule has 1 saturated heterocycles. The number of hydrogen-bond acceptors (Lipinski definition) is 4. The third-order valence-corrected chi connectivity index (χ3v) is 4.61. The number of nitrogens with one attached hydrogen (secondary N) is 2. The van der Waals surface area contributed by atoms with Crippen LogP contribution in [0.3, 0.4) is 0 Å². The molecule has 1 heterocycles. The summed E-state index contributed by atoms with van der Waals surface area (Å²) in [7, 11) is 0. The van der Waals surface area contributed by atoms with E-state index in [1.165, 1.54) is 25.8 Å². The highest BCUT2D eigenvalue weighted by atomic mass is 16.6. The van der Waals surface area contributed by atoms with Crippen LogP contribution >= 0.6 is 0 Å². The summed E-state index contributed by atoms with van der Waals surface area (Å²) in [6.45, 7) is 17.7. The summed E-state index contributed by atoms with van der Waals surface area (Å²) in [6.07, 6.45) is 4.36. The molecule has 148 valence electrons. The molecule has 2 atom stereocenters. The van der Waals surface area contributed by atoms with Gasteiger partial charge in [-0.2, -0.15) is 0 Å². The Kier molecular flexibility index (Phi) is 9.22. The first-order chi connectivity index (χ1) is 11.6. The van der Waals surface area contributed by atoms with E-state index in [0.29, 0.717) is 30.6 Å². The lowest BCUT2D eigenvalue weighted by atomic mass is 10.0. The van der Waals surface area contributed by atoms with Gasteiger partial charge < -0.3 is 20.3 Å². The zero-order chi connectivity index (χ0) is 19.0. The molecule has 0 aromatic carbocycles. The van der Waals surface area contributed by atoms with Crippen LogP contribution in [0.15, 0.2) is 0 Å². The zero-order valence-corrected chi connectivity index (χ0v) is 17.5. The summed E-state index contributed by atoms with van der Waals surface area (Å²) in [5.41, 5.74) is -0.452. The SMILES string of the molecule is CC(C)CC(CNC(=O)OC(C)(C)C)NC1CCCN(C(C)C)CC1. The van der Waals surface area contributed by atoms with Gasteiger partial charge in [0.1, 0.15) is 5.60 Å². The fraction of sp³-hybridized carbons (Fsp3) is 0.950. The van der Waals surface area contributed by atoms with Crippen molar-refractivity contribution in [2.75, 3.05) is 19.6 Å². The molecule has 2 N–H and O–H groups in total. The maximum Gasteiger partial charge on any atom is 0.407 e. The van der Waals surface area contributed by atoms with Crippen LogP contribution in [0.1, 0.15) is 74.1 Å². The average molecular weight is 356 g/mol. The fourth-order valence-electron chi connectivity index (χ4n) is 3.44. The molecule has 1 aliphatic heterocycles. The third-order valence-electron chi connectivity index (χ3n) is 4.61. The Balaban J connectivity index is 2.50. The van der Waals surface area contributed by atoms with E-state index in [-0.39, 0.29) is 6.09 Å². The first kappa shape index (κ1) is 22.2. The molecule has 25 heavy (non-hydrogen) atoms. The van der Waals surface area contributed by atoms with Gasteiger partial charge in [0.25, 0.3) is 0 Å². The summed E-state index contributed by atoms with van der Waals surface area (Å²) in [4.78, 5) is 14.5. The van der Waals surface area contributed by atoms with Crippen molar-refractivity contribution in [2.24, 2.45) is 5.92 Å². The number of amides is 1. The van der Waals surface area contributed by atoms with Gasteiger partial charge >= 0.3 is 6.09 Å². The highest BCUT2D eigenvalue weighted by Crippen LogP contribution is 2.15. The molecule has 0 spiro atoms. The van der Waals surface area contributed by atoms with Crippen molar-refractivity contribution in [1.29, 1.82) is 0 Å². The zero-order valence-electron chi connectivity index (χ0n) is 17.5. The van der Waals surface area contributed by atoms with Crippen LogP contribution in [0.25, 0.3) is 0 Å². The lowest BCUT2D eigenvalue weighted by molar-refractivity contribution is 0.0519. The van der Waals surface area contributed by atoms with Gasteiger partial charge in [0.15, 0.2) is 0 Å². The fourth-order valence-corrected chi connectivity index (χ4v) is 3.44. The molecule has 1 aliphatic rings. The lowest BCUT2D eigenvalue weighted by Gasteiger charge is -2.28. The summed E-state index contributed by atoms with van der Waals surface area (Å²) >= 11 is 0. The smallest absolute Gasteiger partial charge is 0.407 e. The maximum atomic E-state index is 11.9. The minimum absolute atomic E-state index is 0.295. The largest absolute Gasteiger partial charge is 0.444 e. The third kappa shape index (κ3) is 10.0. The van der Waals surface area contributed by atoms with Crippen molar-refractivity contribution in [3.63, 3.8) is 0 Å². The second kappa shape index (κ2) is 10.4. The molecule has 1 amide bonds. The minimum Gasteiger partial charge on any atom is -0.444 e. The van der Waals surface area contributed by atoms with Gasteiger partial charge in [-0.05, 0) is 79.3 Å². The van der Waals surface area contributed by atoms with Crippen LogP contribution in [-0.4, -0.2) is 54.4 Å². The molecule has 0 aromatic heterocycles. The Morgan fingerprint density at radius 1 is 1.16 bits per heavy atom. The summed E-state index contributed by atoms with van der Waals surface area (Å²) < 4.78 is 5.36. The van der Waals surface area contributed by atoms with Crippen LogP contribution in [0, 0.1) is 5.92 Å². The van der Waals surface area contributed by atoms with Crippen molar-refractivity contribution in [3.8, 4) is 0 Å². The molecule has 2 unspecified atom stereocenters. The van der Waals surface area contributed by atoms with Gasteiger partial charge in [-0.25, -0.2) is 4.79 Å². The number of alkyl carbamates (subject to hydrolysis) is 1. The van der Waals surface area contributed by atoms with E-state index in [4.69, 9.17) is 4.74 Å². The Hall–Kier alpha value is -0.810. The Labute approximate surface area is 155 Å². The Morgan fingerprint density at radius 3 is 2.40 bits per heavy atom. The van der Waals surface area contributed by atoms with Crippen molar-refractivity contribution in [2.45, 2.75) is 97.9 Å². The first-order valence-electron chi connectivity index (χ1n) is 10.0. The normalized spacial score (nSPS) is 21.2. The number of carbonyl (C=O) groups excluding carboxylic acids is 1. The van der Waals surface area contributed by atoms with Crippen LogP contribution < -0.4 is 10.6 Å². The number of nitrogens with zero attached hydrogens (tertiary/aromatic N) is 1. The van der Waals surface area contributed by atoms with Gasteiger partial charge in [-0.3, -0.25) is 0 Å². The van der Waals surface area contributed by atoms with Crippen LogP contribution in [0.5, 0.6) is 0 Å². The number of carbonyl (C=O) groups is 1. The lowest BCUT2D eigenvalue weighted by Crippen LogP contribution is -2.47. The Bertz CT molecular complexity index is 391. The first-order valence-corrected chi connectivity index (χ1v) is 10.0. The van der Waals surface area contributed by atoms with E-state index in [9.17, 15) is 4.79 Å². The van der Waals surface area contributed by atoms with Gasteiger partial charge in [0, 0.05) is 24.7 Å². The van der Waals surface area contributed by atoms with Crippen molar-refractivity contribution >= 4 is 6.09 Å². The van der Waals surface area contributed by atoms with E-state index < -0.39 is 5.60 Å². The van der Waals surface area contributed by atoms with Crippen molar-refractivity contribution < 1.29 is 9.53 Å². The monoisotopic (exact) mass is 355 g/mol. The molecule has 5 heteroatoms. The number of ether oxygens (including phenoxy) is 1. The van der Waals surface area contributed by atoms with Crippen LogP contribution in [0.4, 0.5) is 4.79 Å². The molecule has 0 radical (unpaired) electrons. The highest BCUT2D eigenvalue weighted by Gasteiger charge is 2.23. The number of hydrogen-bond donors (Lipinski definition) is 2. The van der Waals surface area contributed by atoms with Gasteiger partial charge in [0.05, 0.1) is 0 Å². The predicted octanol–water partition coefficient (Wildman–Crippen LogP) is 3.78. The molecule has 0 aromatic rings. The van der Waals surface area contributed by atoms with E-state index in [0.717, 1.165) is 13.0 Å². The second-order valence-electron chi connectivity index (χ2n) is 9.13. The van der Waals surface area contributed by atoms with E-state index in [1.54, 1.807) is 0 Å². The maximum absolute atomic E-state index is 11.9. The van der Waals surface area contributed by atoms with Crippen LogP contribution in [0.2, 0.25) is 0 Å². The summed E-state index contributed by atoms with van der Waals surface area (Å²) in [5, 5.41) is 6.75. The number of rotatable bonds is 7. The number of likely N-dealkylation sites (tertiary alicyclic amines) is 1. The average Bonchev–Trinajstić information content (AvgIpc) is 2.68. The van der Waals surface area contributed by atoms with E-state index >= 15 is 0 Å². The summed E-state index contributed by atoms with van der Waals surface area (Å²) in [5.74, 6) is 0.593.